The molecule has 0 radical (unpaired) electrons. The molecule has 0 aliphatic carbocycles. The van der Waals surface area contributed by atoms with E-state index in [1.165, 1.54) is 7.05 Å². The van der Waals surface area contributed by atoms with E-state index in [-0.39, 0.29) is 19.1 Å². The van der Waals surface area contributed by atoms with Crippen LogP contribution in [0.3, 0.4) is 0 Å². The fourth-order valence-electron chi connectivity index (χ4n) is 3.95. The normalized spacial score (nSPS) is 27.2. The largest absolute Gasteiger partial charge is 0.435 e. The van der Waals surface area contributed by atoms with Crippen molar-refractivity contribution in [2.45, 2.75) is 29.3 Å². The number of aryl methyl sites for hydroxylation is 1. The van der Waals surface area contributed by atoms with Gasteiger partial charge in [0.05, 0.1) is 25.4 Å². The van der Waals surface area contributed by atoms with Gasteiger partial charge in [-0.25, -0.2) is 8.42 Å². The first-order chi connectivity index (χ1) is 12.6. The average molecular weight is 410 g/mol. The van der Waals surface area contributed by atoms with E-state index in [9.17, 15) is 21.6 Å². The summed E-state index contributed by atoms with van der Waals surface area (Å²) in [7, 11) is -2.87. The molecule has 3 aliphatic rings. The monoisotopic (exact) mass is 410 g/mol. The second-order valence-electron chi connectivity index (χ2n) is 7.26. The highest BCUT2D eigenvalue weighted by molar-refractivity contribution is 7.89. The number of hydrogen-bond donors (Lipinski definition) is 0. The second-order valence-corrected chi connectivity index (χ2v) is 9.15. The van der Waals surface area contributed by atoms with Gasteiger partial charge in [0, 0.05) is 45.3 Å². The van der Waals surface area contributed by atoms with Crippen molar-refractivity contribution >= 4 is 10.0 Å². The van der Waals surface area contributed by atoms with Crippen LogP contribution in [-0.2, 0) is 32.7 Å². The van der Waals surface area contributed by atoms with Gasteiger partial charge in [-0.2, -0.15) is 22.6 Å². The SMILES string of the molecule is Cn1nc(C(F)(F)F)cc1S(=O)(=O)N1CC2(C[C@@H](N3CCOCC3)CO2)C1. The Morgan fingerprint density at radius 3 is 2.52 bits per heavy atom. The summed E-state index contributed by atoms with van der Waals surface area (Å²) < 4.78 is 77.0. The zero-order valence-corrected chi connectivity index (χ0v) is 15.6. The Hall–Kier alpha value is -1.21. The van der Waals surface area contributed by atoms with Gasteiger partial charge in [0.1, 0.15) is 0 Å². The number of sulfonamides is 1. The summed E-state index contributed by atoms with van der Waals surface area (Å²) in [5, 5.41) is 2.82. The summed E-state index contributed by atoms with van der Waals surface area (Å²) in [5.41, 5.74) is -1.77. The molecule has 1 atom stereocenters. The van der Waals surface area contributed by atoms with Crippen LogP contribution in [-0.4, -0.2) is 85.0 Å². The van der Waals surface area contributed by atoms with Crippen molar-refractivity contribution in [1.82, 2.24) is 19.0 Å². The van der Waals surface area contributed by atoms with E-state index in [2.05, 4.69) is 10.00 Å². The number of ether oxygens (including phenoxy) is 2. The lowest BCUT2D eigenvalue weighted by molar-refractivity contribution is -0.141. The van der Waals surface area contributed by atoms with Crippen LogP contribution in [0.5, 0.6) is 0 Å². The minimum Gasteiger partial charge on any atom is -0.379 e. The van der Waals surface area contributed by atoms with E-state index < -0.39 is 32.5 Å². The van der Waals surface area contributed by atoms with Gasteiger partial charge in [-0.15, -0.1) is 0 Å². The zero-order chi connectivity index (χ0) is 19.4. The summed E-state index contributed by atoms with van der Waals surface area (Å²) in [4.78, 5) is 2.28. The van der Waals surface area contributed by atoms with Crippen molar-refractivity contribution in [3.8, 4) is 0 Å². The summed E-state index contributed by atoms with van der Waals surface area (Å²) in [6, 6.07) is 0.791. The minimum absolute atomic E-state index is 0.142. The van der Waals surface area contributed by atoms with Crippen LogP contribution in [0, 0.1) is 0 Å². The van der Waals surface area contributed by atoms with Crippen LogP contribution < -0.4 is 0 Å². The van der Waals surface area contributed by atoms with Crippen LogP contribution in [0.1, 0.15) is 12.1 Å². The lowest BCUT2D eigenvalue weighted by atomic mass is 9.91. The maximum Gasteiger partial charge on any atom is 0.435 e. The number of aromatic nitrogens is 2. The third-order valence-electron chi connectivity index (χ3n) is 5.41. The first-order valence-corrected chi connectivity index (χ1v) is 10.1. The molecule has 0 saturated carbocycles. The third kappa shape index (κ3) is 3.37. The summed E-state index contributed by atoms with van der Waals surface area (Å²) in [6.45, 7) is 3.80. The van der Waals surface area contributed by atoms with E-state index in [1.807, 2.05) is 0 Å². The second kappa shape index (κ2) is 6.41. The lowest BCUT2D eigenvalue weighted by Crippen LogP contribution is -2.63. The number of morpholine rings is 1. The van der Waals surface area contributed by atoms with Crippen LogP contribution in [0.15, 0.2) is 11.1 Å². The first-order valence-electron chi connectivity index (χ1n) is 8.68. The molecule has 3 fully saturated rings. The highest BCUT2D eigenvalue weighted by Crippen LogP contribution is 2.40. The van der Waals surface area contributed by atoms with Gasteiger partial charge >= 0.3 is 6.18 Å². The van der Waals surface area contributed by atoms with Crippen molar-refractivity contribution in [1.29, 1.82) is 0 Å². The molecule has 3 aliphatic heterocycles. The molecule has 0 amide bonds. The zero-order valence-electron chi connectivity index (χ0n) is 14.8. The number of rotatable bonds is 3. The van der Waals surface area contributed by atoms with Gasteiger partial charge < -0.3 is 9.47 Å². The van der Waals surface area contributed by atoms with Crippen molar-refractivity contribution < 1.29 is 31.1 Å². The number of nitrogens with zero attached hydrogens (tertiary/aromatic N) is 4. The molecule has 12 heteroatoms. The maximum atomic E-state index is 12.8. The predicted molar refractivity (Wildman–Crippen MR) is 86.4 cm³/mol. The van der Waals surface area contributed by atoms with Gasteiger partial charge in [0.15, 0.2) is 10.7 Å². The van der Waals surface area contributed by atoms with Crippen molar-refractivity contribution in [2.75, 3.05) is 46.0 Å². The van der Waals surface area contributed by atoms with Crippen LogP contribution in [0.2, 0.25) is 0 Å². The van der Waals surface area contributed by atoms with Crippen molar-refractivity contribution in [2.24, 2.45) is 7.05 Å². The molecule has 4 heterocycles. The quantitative estimate of drug-likeness (QED) is 0.714. The van der Waals surface area contributed by atoms with E-state index >= 15 is 0 Å². The molecule has 0 aromatic carbocycles. The summed E-state index contributed by atoms with van der Waals surface area (Å²) >= 11 is 0. The Balaban J connectivity index is 1.44. The van der Waals surface area contributed by atoms with E-state index in [4.69, 9.17) is 9.47 Å². The maximum absolute atomic E-state index is 12.8. The fraction of sp³-hybridized carbons (Fsp3) is 0.800. The standard InChI is InChI=1S/C15H21F3N4O4S/c1-20-13(6-12(19-20)15(16,17)18)27(23,24)22-9-14(10-22)7-11(8-26-14)21-2-4-25-5-3-21/h6,11H,2-5,7-10H2,1H3/t11-/m1/s1. The molecule has 0 bridgehead atoms. The Morgan fingerprint density at radius 1 is 1.26 bits per heavy atom. The molecule has 1 spiro atoms. The number of alkyl halides is 3. The molecule has 4 rings (SSSR count). The minimum atomic E-state index is -4.69. The lowest BCUT2D eigenvalue weighted by Gasteiger charge is -2.46. The smallest absolute Gasteiger partial charge is 0.379 e. The highest BCUT2D eigenvalue weighted by atomic mass is 32.2. The third-order valence-corrected chi connectivity index (χ3v) is 7.26. The Labute approximate surface area is 154 Å². The topological polar surface area (TPSA) is 76.9 Å². The van der Waals surface area contributed by atoms with Gasteiger partial charge in [-0.3, -0.25) is 9.58 Å². The molecule has 152 valence electrons. The van der Waals surface area contributed by atoms with Crippen molar-refractivity contribution in [3.05, 3.63) is 11.8 Å². The molecule has 3 saturated heterocycles. The highest BCUT2D eigenvalue weighted by Gasteiger charge is 2.55. The Bertz CT molecular complexity index is 814. The van der Waals surface area contributed by atoms with Gasteiger partial charge in [0.2, 0.25) is 0 Å². The van der Waals surface area contributed by atoms with Crippen LogP contribution in [0.25, 0.3) is 0 Å². The molecule has 0 N–H and O–H groups in total. The van der Waals surface area contributed by atoms with Crippen molar-refractivity contribution in [3.63, 3.8) is 0 Å². The van der Waals surface area contributed by atoms with E-state index in [0.29, 0.717) is 32.3 Å². The van der Waals surface area contributed by atoms with Gasteiger partial charge in [-0.1, -0.05) is 0 Å². The van der Waals surface area contributed by atoms with E-state index in [0.717, 1.165) is 22.1 Å². The van der Waals surface area contributed by atoms with E-state index in [1.54, 1.807) is 0 Å². The molecular weight excluding hydrogens is 389 g/mol. The number of halogens is 3. The molecule has 8 nitrogen and oxygen atoms in total. The molecule has 27 heavy (non-hydrogen) atoms. The molecule has 1 aromatic heterocycles. The van der Waals surface area contributed by atoms with Gasteiger partial charge in [-0.05, 0) is 6.42 Å². The van der Waals surface area contributed by atoms with Gasteiger partial charge in [0.25, 0.3) is 10.0 Å². The molecule has 1 aromatic rings. The number of hydrogen-bond acceptors (Lipinski definition) is 6. The Kier molecular flexibility index (Phi) is 4.54. The first kappa shape index (κ1) is 19.1. The fourth-order valence-corrected chi connectivity index (χ4v) is 5.66. The summed E-state index contributed by atoms with van der Waals surface area (Å²) in [6.07, 6.45) is -3.99. The summed E-state index contributed by atoms with van der Waals surface area (Å²) in [5.74, 6) is 0. The predicted octanol–water partition coefficient (Wildman–Crippen LogP) is 0.303. The Morgan fingerprint density at radius 2 is 1.93 bits per heavy atom. The average Bonchev–Trinajstić information content (AvgIpc) is 3.18. The van der Waals surface area contributed by atoms with Crippen LogP contribution in [0.4, 0.5) is 13.2 Å². The molecule has 0 unspecified atom stereocenters. The molecular formula is C15H21F3N4O4S. The van der Waals surface area contributed by atoms with Crippen LogP contribution >= 0.6 is 0 Å².